The first-order valence-electron chi connectivity index (χ1n) is 19.4. The van der Waals surface area contributed by atoms with Gasteiger partial charge in [0.25, 0.3) is 0 Å². The molecule has 2 unspecified atom stereocenters. The third-order valence-corrected chi connectivity index (χ3v) is 11.6. The number of nitrogens with zero attached hydrogens (tertiary/aromatic N) is 5. The van der Waals surface area contributed by atoms with Crippen LogP contribution in [-0.4, -0.2) is 25.6 Å². The minimum atomic E-state index is 0.126. The van der Waals surface area contributed by atoms with Crippen molar-refractivity contribution < 1.29 is 4.42 Å². The highest BCUT2D eigenvalue weighted by Crippen LogP contribution is 2.53. The van der Waals surface area contributed by atoms with Crippen molar-refractivity contribution in [3.05, 3.63) is 194 Å². The summed E-state index contributed by atoms with van der Waals surface area (Å²) in [5, 5.41) is 4.60. The topological polar surface area (TPSA) is 60.0 Å². The molecule has 0 bridgehead atoms. The maximum Gasteiger partial charge on any atom is 0.164 e. The van der Waals surface area contributed by atoms with E-state index in [-0.39, 0.29) is 12.0 Å². The molecule has 0 saturated heterocycles. The first-order valence-corrected chi connectivity index (χ1v) is 19.4. The maximum atomic E-state index is 6.61. The lowest BCUT2D eigenvalue weighted by Crippen LogP contribution is -2.28. The van der Waals surface area contributed by atoms with Crippen molar-refractivity contribution in [2.75, 3.05) is 4.90 Å². The zero-order valence-electron chi connectivity index (χ0n) is 30.7. The molecule has 2 aliphatic rings. The molecule has 10 aromatic rings. The van der Waals surface area contributed by atoms with Crippen LogP contribution in [0.2, 0.25) is 0 Å². The van der Waals surface area contributed by atoms with Gasteiger partial charge in [0.2, 0.25) is 0 Å². The average Bonchev–Trinajstić information content (AvgIpc) is 3.94. The van der Waals surface area contributed by atoms with Crippen LogP contribution in [0, 0.1) is 0 Å². The summed E-state index contributed by atoms with van der Waals surface area (Å²) in [7, 11) is 0. The van der Waals surface area contributed by atoms with E-state index in [0.29, 0.717) is 17.5 Å². The molecule has 268 valence electrons. The average molecular weight is 732 g/mol. The highest BCUT2D eigenvalue weighted by atomic mass is 16.3. The Labute approximate surface area is 328 Å². The van der Waals surface area contributed by atoms with Gasteiger partial charge in [0.05, 0.1) is 22.8 Å². The molecule has 1 aliphatic carbocycles. The largest absolute Gasteiger partial charge is 0.456 e. The molecule has 6 nitrogen and oxygen atoms in total. The van der Waals surface area contributed by atoms with Gasteiger partial charge in [0.1, 0.15) is 11.2 Å². The fourth-order valence-corrected chi connectivity index (χ4v) is 9.00. The highest BCUT2D eigenvalue weighted by Gasteiger charge is 2.40. The quantitative estimate of drug-likeness (QED) is 0.176. The molecule has 0 fully saturated rings. The smallest absolute Gasteiger partial charge is 0.164 e. The number of aromatic nitrogens is 4. The van der Waals surface area contributed by atoms with Crippen LogP contribution in [0.1, 0.15) is 11.5 Å². The third kappa shape index (κ3) is 4.94. The van der Waals surface area contributed by atoms with E-state index in [2.05, 4.69) is 137 Å². The van der Waals surface area contributed by atoms with E-state index < -0.39 is 0 Å². The summed E-state index contributed by atoms with van der Waals surface area (Å²) >= 11 is 0. The van der Waals surface area contributed by atoms with Gasteiger partial charge in [-0.05, 0) is 54.1 Å². The van der Waals surface area contributed by atoms with Gasteiger partial charge in [-0.3, -0.25) is 0 Å². The van der Waals surface area contributed by atoms with Crippen LogP contribution in [0.25, 0.3) is 83.6 Å². The van der Waals surface area contributed by atoms with E-state index in [1.807, 2.05) is 60.7 Å². The number of fused-ring (bicyclic) bond motifs is 10. The number of hydrogen-bond donors (Lipinski definition) is 0. The molecular formula is C51H33N5O. The number of rotatable bonds is 5. The lowest BCUT2D eigenvalue weighted by Gasteiger charge is -2.29. The van der Waals surface area contributed by atoms with Gasteiger partial charge in [0.15, 0.2) is 17.5 Å². The SMILES string of the molecule is C1=CC2c3ccc4c5ccccc5n(-c5ccccc5)c4c3N(c3ccc4oc5cc(-c6nc(-c7ccccc7)nc(-c7ccccc7)n6)ccc5c4c3)C2C=C1. The second-order valence-electron chi connectivity index (χ2n) is 14.8. The van der Waals surface area contributed by atoms with E-state index in [4.69, 9.17) is 19.4 Å². The van der Waals surface area contributed by atoms with Crippen LogP contribution in [-0.2, 0) is 0 Å². The van der Waals surface area contributed by atoms with Crippen molar-refractivity contribution in [3.63, 3.8) is 0 Å². The molecule has 0 radical (unpaired) electrons. The molecule has 2 atom stereocenters. The van der Waals surface area contributed by atoms with Crippen molar-refractivity contribution in [1.29, 1.82) is 0 Å². The van der Waals surface area contributed by atoms with Crippen molar-refractivity contribution in [3.8, 4) is 39.9 Å². The van der Waals surface area contributed by atoms with Gasteiger partial charge in [-0.2, -0.15) is 0 Å². The molecule has 12 rings (SSSR count). The Morgan fingerprint density at radius 2 is 1.11 bits per heavy atom. The Morgan fingerprint density at radius 3 is 1.86 bits per heavy atom. The molecule has 0 amide bonds. The number of para-hydroxylation sites is 2. The van der Waals surface area contributed by atoms with Gasteiger partial charge in [-0.1, -0.05) is 140 Å². The third-order valence-electron chi connectivity index (χ3n) is 11.6. The number of anilines is 2. The molecular weight excluding hydrogens is 699 g/mol. The number of furan rings is 1. The lowest BCUT2D eigenvalue weighted by atomic mass is 9.91. The second-order valence-corrected chi connectivity index (χ2v) is 14.8. The first-order chi connectivity index (χ1) is 28.3. The fraction of sp³-hybridized carbons (Fsp3) is 0.0392. The minimum absolute atomic E-state index is 0.126. The Bertz CT molecular complexity index is 3200. The predicted octanol–water partition coefficient (Wildman–Crippen LogP) is 12.6. The summed E-state index contributed by atoms with van der Waals surface area (Å²) in [6, 6.07) is 57.4. The molecule has 57 heavy (non-hydrogen) atoms. The first kappa shape index (κ1) is 31.7. The Balaban J connectivity index is 1.03. The molecule has 0 N–H and O–H groups in total. The van der Waals surface area contributed by atoms with Crippen LogP contribution in [0.4, 0.5) is 11.4 Å². The zero-order chi connectivity index (χ0) is 37.5. The van der Waals surface area contributed by atoms with Crippen LogP contribution in [0.15, 0.2) is 193 Å². The van der Waals surface area contributed by atoms with Gasteiger partial charge in [-0.15, -0.1) is 0 Å². The number of hydrogen-bond acceptors (Lipinski definition) is 5. The molecule has 1 aliphatic heterocycles. The predicted molar refractivity (Wildman–Crippen MR) is 231 cm³/mol. The van der Waals surface area contributed by atoms with Gasteiger partial charge < -0.3 is 13.9 Å². The lowest BCUT2D eigenvalue weighted by molar-refractivity contribution is 0.669. The number of benzene rings is 7. The van der Waals surface area contributed by atoms with E-state index in [1.54, 1.807) is 0 Å². The molecule has 4 heterocycles. The van der Waals surface area contributed by atoms with Crippen LogP contribution < -0.4 is 4.90 Å². The van der Waals surface area contributed by atoms with E-state index >= 15 is 0 Å². The summed E-state index contributed by atoms with van der Waals surface area (Å²) in [6.45, 7) is 0. The van der Waals surface area contributed by atoms with E-state index in [9.17, 15) is 0 Å². The van der Waals surface area contributed by atoms with Gasteiger partial charge in [-0.25, -0.2) is 15.0 Å². The van der Waals surface area contributed by atoms with E-state index in [1.165, 1.54) is 33.1 Å². The van der Waals surface area contributed by atoms with Crippen LogP contribution >= 0.6 is 0 Å². The normalized spacial score (nSPS) is 15.9. The van der Waals surface area contributed by atoms with Gasteiger partial charge in [0, 0.05) is 55.5 Å². The standard InChI is InChI=1S/C51H33N5O/c1-4-14-32(15-5-1)49-52-50(33-16-6-2-7-17-33)54-51(53-49)34-24-26-39-42-31-36(25-29-45(42)57-46(39)30-34)56-44-23-13-11-21-38(44)41-28-27-40-37-20-10-12-22-43(37)55(47(40)48(41)56)35-18-8-3-9-19-35/h1-31,38,44H. The summed E-state index contributed by atoms with van der Waals surface area (Å²) < 4.78 is 9.05. The van der Waals surface area contributed by atoms with Gasteiger partial charge >= 0.3 is 0 Å². The van der Waals surface area contributed by atoms with Crippen molar-refractivity contribution in [2.24, 2.45) is 0 Å². The monoisotopic (exact) mass is 731 g/mol. The zero-order valence-corrected chi connectivity index (χ0v) is 30.7. The van der Waals surface area contributed by atoms with Crippen molar-refractivity contribution >= 4 is 55.1 Å². The second kappa shape index (κ2) is 12.5. The van der Waals surface area contributed by atoms with Crippen LogP contribution in [0.3, 0.4) is 0 Å². The molecule has 6 heteroatoms. The maximum absolute atomic E-state index is 6.61. The fourth-order valence-electron chi connectivity index (χ4n) is 9.00. The summed E-state index contributed by atoms with van der Waals surface area (Å²) in [5.41, 5.74) is 11.6. The molecule has 7 aromatic carbocycles. The Morgan fingerprint density at radius 1 is 0.456 bits per heavy atom. The van der Waals surface area contributed by atoms with Crippen LogP contribution in [0.5, 0.6) is 0 Å². The van der Waals surface area contributed by atoms with E-state index in [0.717, 1.165) is 50.0 Å². The summed E-state index contributed by atoms with van der Waals surface area (Å²) in [5.74, 6) is 2.08. The highest BCUT2D eigenvalue weighted by molar-refractivity contribution is 6.15. The minimum Gasteiger partial charge on any atom is -0.456 e. The molecule has 0 spiro atoms. The summed E-state index contributed by atoms with van der Waals surface area (Å²) in [6.07, 6.45) is 9.07. The molecule has 3 aromatic heterocycles. The Hall–Kier alpha value is -7.57. The Kier molecular flexibility index (Phi) is 6.95. The van der Waals surface area contributed by atoms with Crippen molar-refractivity contribution in [1.82, 2.24) is 19.5 Å². The summed E-state index contributed by atoms with van der Waals surface area (Å²) in [4.78, 5) is 17.4. The van der Waals surface area contributed by atoms with Crippen molar-refractivity contribution in [2.45, 2.75) is 12.0 Å². The molecule has 0 saturated carbocycles. The number of allylic oxidation sites excluding steroid dienone is 2.